The minimum absolute atomic E-state index is 0.0241. The Bertz CT molecular complexity index is 2600. The first-order chi connectivity index (χ1) is 25.8. The normalized spacial score (nSPS) is 15.4. The minimum Gasteiger partial charge on any atom is -0.310 e. The van der Waals surface area contributed by atoms with Crippen LogP contribution in [0.1, 0.15) is 17.8 Å². The lowest BCUT2D eigenvalue weighted by atomic mass is 9.97. The van der Waals surface area contributed by atoms with Gasteiger partial charge >= 0.3 is 0 Å². The van der Waals surface area contributed by atoms with Gasteiger partial charge in [0.15, 0.2) is 0 Å². The van der Waals surface area contributed by atoms with Crippen molar-refractivity contribution in [2.24, 2.45) is 0 Å². The van der Waals surface area contributed by atoms with Gasteiger partial charge < -0.3 is 4.90 Å². The molecule has 0 heterocycles. The van der Waals surface area contributed by atoms with E-state index in [1.807, 2.05) is 60.7 Å². The van der Waals surface area contributed by atoms with Gasteiger partial charge in [0.25, 0.3) is 0 Å². The average Bonchev–Trinajstić information content (AvgIpc) is 3.19. The van der Waals surface area contributed by atoms with E-state index in [0.29, 0.717) is 22.1 Å². The molecule has 0 aliphatic carbocycles. The van der Waals surface area contributed by atoms with Gasteiger partial charge in [-0.3, -0.25) is 0 Å². The monoisotopic (exact) mass is 536 g/mol. The van der Waals surface area contributed by atoms with E-state index in [-0.39, 0.29) is 29.0 Å². The Morgan fingerprint density at radius 2 is 1.07 bits per heavy atom. The van der Waals surface area contributed by atoms with Crippen molar-refractivity contribution >= 4 is 27.8 Å². The molecule has 0 radical (unpaired) electrons. The smallest absolute Gasteiger partial charge is 0.0651 e. The fourth-order valence-electron chi connectivity index (χ4n) is 4.82. The van der Waals surface area contributed by atoms with Crippen molar-refractivity contribution in [3.8, 4) is 33.4 Å². The molecule has 0 bridgehead atoms. The highest BCUT2D eigenvalue weighted by Crippen LogP contribution is 2.42. The number of nitrogens with zero attached hydrogens (tertiary/aromatic N) is 1. The summed E-state index contributed by atoms with van der Waals surface area (Å²) in [6.07, 6.45) is 0. The zero-order chi connectivity index (χ0) is 38.7. The van der Waals surface area contributed by atoms with Gasteiger partial charge in [0.05, 0.1) is 23.5 Å². The summed E-state index contributed by atoms with van der Waals surface area (Å²) in [5, 5.41) is 1.50. The molecule has 0 spiro atoms. The van der Waals surface area contributed by atoms with Crippen molar-refractivity contribution in [3.63, 3.8) is 0 Å². The third-order valence-electron chi connectivity index (χ3n) is 6.71. The molecule has 41 heavy (non-hydrogen) atoms. The fourth-order valence-corrected chi connectivity index (χ4v) is 4.82. The molecule has 7 aromatic rings. The predicted molar refractivity (Wildman–Crippen MR) is 175 cm³/mol. The lowest BCUT2D eigenvalue weighted by Crippen LogP contribution is -2.11. The maximum atomic E-state index is 9.70. The first-order valence-corrected chi connectivity index (χ1v) is 13.0. The Kier molecular flexibility index (Phi) is 3.83. The molecule has 0 saturated carbocycles. The third-order valence-corrected chi connectivity index (χ3v) is 6.71. The lowest BCUT2D eigenvalue weighted by molar-refractivity contribution is 1.28. The van der Waals surface area contributed by atoms with Crippen molar-refractivity contribution in [2.45, 2.75) is 0 Å². The van der Waals surface area contributed by atoms with E-state index >= 15 is 0 Å². The molecule has 1 heteroatoms. The van der Waals surface area contributed by atoms with Crippen molar-refractivity contribution < 1.29 is 17.8 Å². The minimum atomic E-state index is -0.720. The zero-order valence-electron chi connectivity index (χ0n) is 34.7. The molecule has 0 aliphatic rings. The highest BCUT2D eigenvalue weighted by Gasteiger charge is 2.18. The molecular weight excluding hydrogens is 494 g/mol. The molecule has 0 fully saturated rings. The molecule has 194 valence electrons. The average molecular weight is 537 g/mol. The summed E-state index contributed by atoms with van der Waals surface area (Å²) in [7, 11) is 0. The molecule has 7 aromatic carbocycles. The van der Waals surface area contributed by atoms with E-state index in [2.05, 4.69) is 0 Å². The van der Waals surface area contributed by atoms with Gasteiger partial charge in [0.2, 0.25) is 0 Å². The summed E-state index contributed by atoms with van der Waals surface area (Å²) in [6, 6.07) is 20.5. The van der Waals surface area contributed by atoms with E-state index in [1.54, 1.807) is 36.4 Å². The Hall–Kier alpha value is -5.40. The Morgan fingerprint density at radius 3 is 1.93 bits per heavy atom. The largest absolute Gasteiger partial charge is 0.310 e. The highest BCUT2D eigenvalue weighted by molar-refractivity contribution is 5.98. The molecule has 1 nitrogen and oxygen atoms in total. The number of benzene rings is 7. The van der Waals surface area contributed by atoms with E-state index in [9.17, 15) is 8.22 Å². The molecule has 0 amide bonds. The maximum Gasteiger partial charge on any atom is 0.0651 e. The summed E-state index contributed by atoms with van der Waals surface area (Å²) in [6.45, 7) is 0. The van der Waals surface area contributed by atoms with Crippen LogP contribution in [0.2, 0.25) is 0 Å². The van der Waals surface area contributed by atoms with Crippen LogP contribution >= 0.6 is 0 Å². The van der Waals surface area contributed by atoms with Crippen LogP contribution in [0.25, 0.3) is 44.2 Å². The topological polar surface area (TPSA) is 3.24 Å². The van der Waals surface area contributed by atoms with E-state index in [1.165, 1.54) is 4.90 Å². The molecular formula is C40H29N. The summed E-state index contributed by atoms with van der Waals surface area (Å²) < 4.78 is 116. The van der Waals surface area contributed by atoms with Crippen LogP contribution in [-0.2, 0) is 0 Å². The lowest BCUT2D eigenvalue weighted by Gasteiger charge is -2.28. The molecule has 7 rings (SSSR count). The van der Waals surface area contributed by atoms with Crippen molar-refractivity contribution in [1.29, 1.82) is 0 Å². The second-order valence-electron chi connectivity index (χ2n) is 9.19. The summed E-state index contributed by atoms with van der Waals surface area (Å²) in [5.74, 6) is 0. The summed E-state index contributed by atoms with van der Waals surface area (Å²) >= 11 is 0. The molecule has 0 aromatic heterocycles. The maximum absolute atomic E-state index is 9.70. The van der Waals surface area contributed by atoms with Gasteiger partial charge in [-0.15, -0.1) is 0 Å². The van der Waals surface area contributed by atoms with Crippen LogP contribution in [0.3, 0.4) is 0 Å². The number of para-hydroxylation sites is 1. The highest BCUT2D eigenvalue weighted by atomic mass is 15.1. The standard InChI is InChI=1S/C40H29N/c1-3-13-30(14-4-1)31-25-27-35(28-26-31)41(40-24-10-9-22-39(40)33-15-5-2-6-16-33)36-20-11-19-34(29-36)38-23-12-18-32-17-7-8-21-37(32)38/h1-29H/i1D,3D,4D,11D,13D,14D,19D,20D,25D,26D,27D,28D,29D. The predicted octanol–water partition coefficient (Wildman–Crippen LogP) is 11.3. The number of hydrogen-bond donors (Lipinski definition) is 0. The quantitative estimate of drug-likeness (QED) is 0.204. The first kappa shape index (κ1) is 14.3. The van der Waals surface area contributed by atoms with Gasteiger partial charge in [0, 0.05) is 16.9 Å². The van der Waals surface area contributed by atoms with E-state index in [4.69, 9.17) is 9.60 Å². The van der Waals surface area contributed by atoms with Gasteiger partial charge in [-0.1, -0.05) is 145 Å². The molecule has 0 atom stereocenters. The Balaban J connectivity index is 1.63. The number of hydrogen-bond acceptors (Lipinski definition) is 1. The van der Waals surface area contributed by atoms with Crippen LogP contribution in [0.15, 0.2) is 176 Å². The summed E-state index contributed by atoms with van der Waals surface area (Å²) in [4.78, 5) is 1.24. The third kappa shape index (κ3) is 4.90. The molecule has 0 saturated heterocycles. The van der Waals surface area contributed by atoms with Crippen LogP contribution in [0.4, 0.5) is 17.1 Å². The fraction of sp³-hybridized carbons (Fsp3) is 0. The Labute approximate surface area is 259 Å². The molecule has 0 unspecified atom stereocenters. The van der Waals surface area contributed by atoms with Crippen LogP contribution < -0.4 is 4.90 Å². The number of fused-ring (bicyclic) bond motifs is 1. The van der Waals surface area contributed by atoms with Gasteiger partial charge in [0.1, 0.15) is 0 Å². The first-order valence-electron chi connectivity index (χ1n) is 19.5. The van der Waals surface area contributed by atoms with E-state index in [0.717, 1.165) is 5.39 Å². The Morgan fingerprint density at radius 1 is 0.415 bits per heavy atom. The van der Waals surface area contributed by atoms with Gasteiger partial charge in [-0.25, -0.2) is 0 Å². The summed E-state index contributed by atoms with van der Waals surface area (Å²) in [5.41, 5.74) is 0.207. The van der Waals surface area contributed by atoms with E-state index < -0.39 is 83.3 Å². The van der Waals surface area contributed by atoms with Crippen molar-refractivity contribution in [1.82, 2.24) is 0 Å². The second-order valence-corrected chi connectivity index (χ2v) is 9.19. The SMILES string of the molecule is [2H]c1c([2H])c([2H])c(-c2c([2H])c([2H])c(N(c3ccccc3-c3ccccc3)c3c([2H])c([2H])c([2H])c(-c4cccc5ccccc45)c3[2H])c([2H])c2[2H])c([2H])c1[2H]. The van der Waals surface area contributed by atoms with Crippen molar-refractivity contribution in [2.75, 3.05) is 4.90 Å². The second kappa shape index (κ2) is 11.0. The van der Waals surface area contributed by atoms with Gasteiger partial charge in [-0.2, -0.15) is 0 Å². The van der Waals surface area contributed by atoms with Crippen LogP contribution in [0, 0.1) is 0 Å². The van der Waals surface area contributed by atoms with Crippen molar-refractivity contribution in [3.05, 3.63) is 176 Å². The molecule has 0 N–H and O–H groups in total. The van der Waals surface area contributed by atoms with Crippen LogP contribution in [0.5, 0.6) is 0 Å². The number of anilines is 3. The zero-order valence-corrected chi connectivity index (χ0v) is 21.7. The van der Waals surface area contributed by atoms with Crippen LogP contribution in [-0.4, -0.2) is 0 Å². The molecule has 0 aliphatic heterocycles. The number of rotatable bonds is 6. The van der Waals surface area contributed by atoms with Gasteiger partial charge in [-0.05, 0) is 68.8 Å².